The fourth-order valence-corrected chi connectivity index (χ4v) is 2.86. The number of nitrogens with zero attached hydrogens (tertiary/aromatic N) is 1. The van der Waals surface area contributed by atoms with E-state index in [2.05, 4.69) is 53.6 Å². The van der Waals surface area contributed by atoms with Crippen LogP contribution in [0.25, 0.3) is 0 Å². The van der Waals surface area contributed by atoms with Crippen LogP contribution in [0, 0.1) is 0 Å². The van der Waals surface area contributed by atoms with Crippen LogP contribution >= 0.6 is 24.8 Å². The summed E-state index contributed by atoms with van der Waals surface area (Å²) in [7, 11) is 0. The van der Waals surface area contributed by atoms with Crippen molar-refractivity contribution in [3.8, 4) is 0 Å². The van der Waals surface area contributed by atoms with Gasteiger partial charge in [0.2, 0.25) is 5.91 Å². The molecule has 0 saturated carbocycles. The van der Waals surface area contributed by atoms with E-state index < -0.39 is 0 Å². The summed E-state index contributed by atoms with van der Waals surface area (Å²) >= 11 is 0. The van der Waals surface area contributed by atoms with Gasteiger partial charge in [0.15, 0.2) is 0 Å². The number of hydrogen-bond acceptors (Lipinski definition) is 4. The number of ether oxygens (including phenoxy) is 1. The molecule has 1 saturated heterocycles. The van der Waals surface area contributed by atoms with Crippen molar-refractivity contribution < 1.29 is 9.53 Å². The number of halogens is 2. The molecule has 5 nitrogen and oxygen atoms in total. The quantitative estimate of drug-likeness (QED) is 0.713. The molecule has 7 heteroatoms. The molecule has 1 fully saturated rings. The summed E-state index contributed by atoms with van der Waals surface area (Å²) in [6.07, 6.45) is 0.423. The molecule has 1 aromatic rings. The van der Waals surface area contributed by atoms with Crippen molar-refractivity contribution in [1.82, 2.24) is 15.5 Å². The van der Waals surface area contributed by atoms with Gasteiger partial charge in [-0.3, -0.25) is 9.69 Å². The predicted octanol–water partition coefficient (Wildman–Crippen LogP) is 2.24. The summed E-state index contributed by atoms with van der Waals surface area (Å²) in [5, 5.41) is 6.26. The highest BCUT2D eigenvalue weighted by molar-refractivity contribution is 5.85. The molecule has 2 atom stereocenters. The van der Waals surface area contributed by atoms with Crippen molar-refractivity contribution in [2.45, 2.75) is 39.0 Å². The Morgan fingerprint density at radius 1 is 1.32 bits per heavy atom. The normalized spacial score (nSPS) is 18.6. The number of hydrogen-bond donors (Lipinski definition) is 2. The number of amides is 1. The number of carbonyl (C=O) groups excluding carboxylic acids is 1. The van der Waals surface area contributed by atoms with Crippen LogP contribution < -0.4 is 10.6 Å². The standard InChI is InChI=1S/C18H29N3O2.2ClH/c1-3-19-15(2)12-20-18(22)11-17-14-21(9-10-23-17)13-16-7-5-4-6-8-16;;/h4-8,15,17,19H,3,9-14H2,1-2H3,(H,20,22);2*1H/t15-,17?;;/m1../s1. The molecule has 0 spiro atoms. The van der Waals surface area contributed by atoms with E-state index in [1.807, 2.05) is 6.07 Å². The number of morpholine rings is 1. The maximum Gasteiger partial charge on any atom is 0.222 e. The molecule has 0 bridgehead atoms. The Labute approximate surface area is 163 Å². The zero-order chi connectivity index (χ0) is 16.5. The van der Waals surface area contributed by atoms with Gasteiger partial charge in [-0.1, -0.05) is 37.3 Å². The smallest absolute Gasteiger partial charge is 0.222 e. The first-order valence-corrected chi connectivity index (χ1v) is 8.55. The van der Waals surface area contributed by atoms with E-state index >= 15 is 0 Å². The number of benzene rings is 1. The second-order valence-electron chi connectivity index (χ2n) is 6.18. The molecular formula is C18H31Cl2N3O2. The van der Waals surface area contributed by atoms with E-state index in [0.29, 0.717) is 25.6 Å². The van der Waals surface area contributed by atoms with Gasteiger partial charge in [0, 0.05) is 32.2 Å². The van der Waals surface area contributed by atoms with Crippen molar-refractivity contribution in [1.29, 1.82) is 0 Å². The number of rotatable bonds is 8. The van der Waals surface area contributed by atoms with Crippen LogP contribution in [0.1, 0.15) is 25.8 Å². The van der Waals surface area contributed by atoms with E-state index in [9.17, 15) is 4.79 Å². The topological polar surface area (TPSA) is 53.6 Å². The van der Waals surface area contributed by atoms with Gasteiger partial charge in [0.1, 0.15) is 0 Å². The fraction of sp³-hybridized carbons (Fsp3) is 0.611. The lowest BCUT2D eigenvalue weighted by Crippen LogP contribution is -2.45. The van der Waals surface area contributed by atoms with Gasteiger partial charge in [-0.25, -0.2) is 0 Å². The predicted molar refractivity (Wildman–Crippen MR) is 107 cm³/mol. The SMILES string of the molecule is CCN[C@H](C)CNC(=O)CC1CN(Cc2ccccc2)CCO1.Cl.Cl. The summed E-state index contributed by atoms with van der Waals surface area (Å²) in [6, 6.07) is 10.7. The molecule has 0 aliphatic carbocycles. The van der Waals surface area contributed by atoms with Gasteiger partial charge in [0.25, 0.3) is 0 Å². The van der Waals surface area contributed by atoms with Crippen LogP contribution in [0.2, 0.25) is 0 Å². The minimum Gasteiger partial charge on any atom is -0.375 e. The first-order chi connectivity index (χ1) is 11.2. The summed E-state index contributed by atoms with van der Waals surface area (Å²) < 4.78 is 5.75. The minimum atomic E-state index is -0.0121. The molecule has 1 unspecified atom stereocenters. The second-order valence-corrected chi connectivity index (χ2v) is 6.18. The average Bonchev–Trinajstić information content (AvgIpc) is 2.55. The van der Waals surface area contributed by atoms with Crippen LogP contribution in [0.5, 0.6) is 0 Å². The Bertz CT molecular complexity index is 477. The molecule has 1 aliphatic rings. The van der Waals surface area contributed by atoms with E-state index in [0.717, 1.165) is 26.2 Å². The van der Waals surface area contributed by atoms with Gasteiger partial charge in [0.05, 0.1) is 19.1 Å². The van der Waals surface area contributed by atoms with Crippen LogP contribution in [0.15, 0.2) is 30.3 Å². The molecular weight excluding hydrogens is 361 g/mol. The van der Waals surface area contributed by atoms with Gasteiger partial charge in [-0.15, -0.1) is 24.8 Å². The van der Waals surface area contributed by atoms with E-state index in [4.69, 9.17) is 4.74 Å². The van der Waals surface area contributed by atoms with Gasteiger partial charge in [-0.2, -0.15) is 0 Å². The number of likely N-dealkylation sites (N-methyl/N-ethyl adjacent to an activating group) is 1. The molecule has 2 N–H and O–H groups in total. The Kier molecular flexibility index (Phi) is 12.9. The Morgan fingerprint density at radius 3 is 2.72 bits per heavy atom. The van der Waals surface area contributed by atoms with E-state index in [-0.39, 0.29) is 36.8 Å². The molecule has 1 aromatic carbocycles. The summed E-state index contributed by atoms with van der Waals surface area (Å²) in [5.41, 5.74) is 1.30. The van der Waals surface area contributed by atoms with Crippen LogP contribution in [-0.4, -0.2) is 55.7 Å². The van der Waals surface area contributed by atoms with E-state index in [1.165, 1.54) is 5.56 Å². The second kappa shape index (κ2) is 13.4. The van der Waals surface area contributed by atoms with Crippen LogP contribution in [-0.2, 0) is 16.1 Å². The van der Waals surface area contributed by atoms with E-state index in [1.54, 1.807) is 0 Å². The van der Waals surface area contributed by atoms with Crippen molar-refractivity contribution in [2.75, 3.05) is 32.8 Å². The Hall–Kier alpha value is -0.850. The molecule has 144 valence electrons. The zero-order valence-electron chi connectivity index (χ0n) is 15.1. The van der Waals surface area contributed by atoms with Crippen molar-refractivity contribution in [2.24, 2.45) is 0 Å². The third-order valence-electron chi connectivity index (χ3n) is 4.04. The molecule has 2 rings (SSSR count). The largest absolute Gasteiger partial charge is 0.375 e. The van der Waals surface area contributed by atoms with Gasteiger partial charge >= 0.3 is 0 Å². The van der Waals surface area contributed by atoms with Crippen molar-refractivity contribution in [3.05, 3.63) is 35.9 Å². The molecule has 1 aliphatic heterocycles. The maximum atomic E-state index is 12.0. The average molecular weight is 392 g/mol. The van der Waals surface area contributed by atoms with Crippen molar-refractivity contribution in [3.63, 3.8) is 0 Å². The third-order valence-corrected chi connectivity index (χ3v) is 4.04. The van der Waals surface area contributed by atoms with Crippen LogP contribution in [0.3, 0.4) is 0 Å². The maximum absolute atomic E-state index is 12.0. The Balaban J connectivity index is 0.00000288. The summed E-state index contributed by atoms with van der Waals surface area (Å²) in [6.45, 7) is 9.05. The third kappa shape index (κ3) is 9.42. The highest BCUT2D eigenvalue weighted by Gasteiger charge is 2.23. The minimum absolute atomic E-state index is 0. The first-order valence-electron chi connectivity index (χ1n) is 8.55. The van der Waals surface area contributed by atoms with Crippen molar-refractivity contribution >= 4 is 30.7 Å². The molecule has 0 aromatic heterocycles. The summed E-state index contributed by atoms with van der Waals surface area (Å²) in [5.74, 6) is 0.0707. The number of nitrogens with one attached hydrogen (secondary N) is 2. The highest BCUT2D eigenvalue weighted by atomic mass is 35.5. The Morgan fingerprint density at radius 2 is 2.04 bits per heavy atom. The molecule has 1 amide bonds. The monoisotopic (exact) mass is 391 g/mol. The van der Waals surface area contributed by atoms with Gasteiger partial charge in [-0.05, 0) is 19.0 Å². The lowest BCUT2D eigenvalue weighted by atomic mass is 10.1. The molecule has 25 heavy (non-hydrogen) atoms. The fourth-order valence-electron chi connectivity index (χ4n) is 2.86. The zero-order valence-corrected chi connectivity index (χ0v) is 16.7. The lowest BCUT2D eigenvalue weighted by Gasteiger charge is -2.32. The van der Waals surface area contributed by atoms with Gasteiger partial charge < -0.3 is 15.4 Å². The number of carbonyl (C=O) groups is 1. The molecule has 1 heterocycles. The highest BCUT2D eigenvalue weighted by Crippen LogP contribution is 2.12. The lowest BCUT2D eigenvalue weighted by molar-refractivity contribution is -0.126. The molecule has 0 radical (unpaired) electrons. The van der Waals surface area contributed by atoms with Crippen LogP contribution in [0.4, 0.5) is 0 Å². The first kappa shape index (κ1) is 24.1. The summed E-state index contributed by atoms with van der Waals surface area (Å²) in [4.78, 5) is 14.4.